The highest BCUT2D eigenvalue weighted by molar-refractivity contribution is 6.78. The Labute approximate surface area is 218 Å². The Kier molecular flexibility index (Phi) is 9.36. The van der Waals surface area contributed by atoms with E-state index >= 15 is 0 Å². The van der Waals surface area contributed by atoms with Crippen LogP contribution in [0.1, 0.15) is 61.1 Å². The van der Waals surface area contributed by atoms with E-state index in [1.54, 1.807) is 7.11 Å². The molecule has 0 unspecified atom stereocenters. The smallest absolute Gasteiger partial charge is 0.258 e. The van der Waals surface area contributed by atoms with E-state index in [9.17, 15) is 5.11 Å². The predicted molar refractivity (Wildman–Crippen MR) is 151 cm³/mol. The highest BCUT2D eigenvalue weighted by atomic mass is 28.4. The molecule has 0 saturated carbocycles. The number of hydrogen-bond donors (Lipinski definition) is 3. The Morgan fingerprint density at radius 2 is 1.53 bits per heavy atom. The van der Waals surface area contributed by atoms with Crippen LogP contribution in [0.3, 0.4) is 0 Å². The van der Waals surface area contributed by atoms with Gasteiger partial charge in [0.05, 0.1) is 24.1 Å². The molecule has 0 bridgehead atoms. The lowest BCUT2D eigenvalue weighted by atomic mass is 10.1. The van der Waals surface area contributed by atoms with Crippen LogP contribution >= 0.6 is 0 Å². The number of rotatable bonds is 12. The summed E-state index contributed by atoms with van der Waals surface area (Å²) in [5, 5.41) is 13.4. The molecule has 0 amide bonds. The Balaban J connectivity index is 2.01. The average Bonchev–Trinajstić information content (AvgIpc) is 3.46. The molecule has 1 aliphatic rings. The van der Waals surface area contributed by atoms with Crippen molar-refractivity contribution in [2.24, 2.45) is 5.92 Å². The summed E-state index contributed by atoms with van der Waals surface area (Å²) in [4.78, 5) is 3.56. The monoisotopic (exact) mass is 514 g/mol. The molecule has 2 heterocycles. The van der Waals surface area contributed by atoms with Gasteiger partial charge in [-0.05, 0) is 54.7 Å². The van der Waals surface area contributed by atoms with Crippen molar-refractivity contribution in [1.29, 1.82) is 0 Å². The number of hydrogen-bond acceptors (Lipinski definition) is 5. The van der Waals surface area contributed by atoms with Crippen LogP contribution in [0.25, 0.3) is 17.0 Å². The van der Waals surface area contributed by atoms with Crippen LogP contribution in [-0.4, -0.2) is 50.9 Å². The van der Waals surface area contributed by atoms with Crippen molar-refractivity contribution in [3.63, 3.8) is 0 Å². The molecule has 1 aromatic heterocycles. The number of aromatic amines is 1. The number of nitrogens with one attached hydrogen (secondary N) is 2. The number of aromatic nitrogens is 1. The van der Waals surface area contributed by atoms with Gasteiger partial charge in [0, 0.05) is 36.9 Å². The van der Waals surface area contributed by atoms with Gasteiger partial charge >= 0.3 is 0 Å². The summed E-state index contributed by atoms with van der Waals surface area (Å²) in [5.74, 6) is 1.75. The van der Waals surface area contributed by atoms with Crippen LogP contribution in [0.5, 0.6) is 11.5 Å². The van der Waals surface area contributed by atoms with E-state index in [4.69, 9.17) is 13.9 Å². The van der Waals surface area contributed by atoms with Crippen LogP contribution in [0, 0.1) is 5.92 Å². The molecule has 6 nitrogen and oxygen atoms in total. The zero-order valence-electron chi connectivity index (χ0n) is 23.5. The molecule has 36 heavy (non-hydrogen) atoms. The third-order valence-electron chi connectivity index (χ3n) is 7.44. The van der Waals surface area contributed by atoms with Crippen molar-refractivity contribution in [2.75, 3.05) is 20.3 Å². The van der Waals surface area contributed by atoms with E-state index < -0.39 is 8.32 Å². The van der Waals surface area contributed by atoms with Gasteiger partial charge in [-0.15, -0.1) is 0 Å². The molecule has 0 radical (unpaired) electrons. The first-order valence-electron chi connectivity index (χ1n) is 13.3. The Morgan fingerprint density at radius 3 is 2.08 bits per heavy atom. The summed E-state index contributed by atoms with van der Waals surface area (Å²) in [6.07, 6.45) is 1.65. The van der Waals surface area contributed by atoms with E-state index in [2.05, 4.69) is 82.2 Å². The molecule has 1 aromatic carbocycles. The maximum atomic E-state index is 9.95. The minimum atomic E-state index is -2.14. The van der Waals surface area contributed by atoms with Gasteiger partial charge in [0.25, 0.3) is 8.32 Å². The summed E-state index contributed by atoms with van der Waals surface area (Å²) in [6, 6.07) is 10.4. The van der Waals surface area contributed by atoms with E-state index in [1.165, 1.54) is 0 Å². The summed E-state index contributed by atoms with van der Waals surface area (Å²) < 4.78 is 18.6. The van der Waals surface area contributed by atoms with Gasteiger partial charge in [-0.25, -0.2) is 0 Å². The molecule has 0 spiro atoms. The van der Waals surface area contributed by atoms with E-state index in [0.717, 1.165) is 40.7 Å². The number of methoxy groups -OCH3 is 1. The van der Waals surface area contributed by atoms with Crippen molar-refractivity contribution in [1.82, 2.24) is 10.3 Å². The summed E-state index contributed by atoms with van der Waals surface area (Å²) in [6.45, 7) is 18.9. The molecule has 1 aliphatic heterocycles. The SMILES string of the molecule is COC[C@H](C)Oc1cc(O[Si](C(C)C)(C(C)C)C(C)C)cc(-c2ccc(C3=C[C@H]([C@H](C)O)CN3)[nH]2)c1. The minimum Gasteiger partial charge on any atom is -0.543 e. The lowest BCUT2D eigenvalue weighted by molar-refractivity contribution is 0.0920. The van der Waals surface area contributed by atoms with Gasteiger partial charge < -0.3 is 29.3 Å². The van der Waals surface area contributed by atoms with Crippen molar-refractivity contribution in [3.8, 4) is 22.8 Å². The Bertz CT molecular complexity index is 1010. The highest BCUT2D eigenvalue weighted by Gasteiger charge is 2.47. The van der Waals surface area contributed by atoms with Gasteiger partial charge in [0.15, 0.2) is 0 Å². The quantitative estimate of drug-likeness (QED) is 0.279. The third kappa shape index (κ3) is 6.18. The maximum absolute atomic E-state index is 9.95. The van der Waals surface area contributed by atoms with E-state index in [1.807, 2.05) is 19.9 Å². The number of aliphatic hydroxyl groups excluding tert-OH is 1. The lowest BCUT2D eigenvalue weighted by Gasteiger charge is -2.42. The number of ether oxygens (including phenoxy) is 2. The fraction of sp³-hybridized carbons (Fsp3) is 0.586. The van der Waals surface area contributed by atoms with Crippen LogP contribution in [-0.2, 0) is 4.74 Å². The second-order valence-corrected chi connectivity index (χ2v) is 16.5. The normalized spacial score (nSPS) is 17.9. The van der Waals surface area contributed by atoms with E-state index in [-0.39, 0.29) is 18.1 Å². The molecule has 7 heteroatoms. The molecule has 2 aromatic rings. The largest absolute Gasteiger partial charge is 0.543 e. The van der Waals surface area contributed by atoms with Gasteiger partial charge in [0.1, 0.15) is 17.6 Å². The highest BCUT2D eigenvalue weighted by Crippen LogP contribution is 2.44. The van der Waals surface area contributed by atoms with Crippen molar-refractivity contribution < 1.29 is 19.0 Å². The molecule has 3 N–H and O–H groups in total. The molecule has 3 atom stereocenters. The van der Waals surface area contributed by atoms with Crippen LogP contribution < -0.4 is 14.5 Å². The van der Waals surface area contributed by atoms with Crippen molar-refractivity contribution >= 4 is 14.0 Å². The Hall–Kier alpha value is -2.22. The molecular weight excluding hydrogens is 468 g/mol. The second-order valence-electron chi connectivity index (χ2n) is 11.1. The van der Waals surface area contributed by atoms with Crippen molar-refractivity contribution in [3.05, 3.63) is 42.1 Å². The molecule has 0 fully saturated rings. The predicted octanol–water partition coefficient (Wildman–Crippen LogP) is 6.59. The number of aliphatic hydroxyl groups is 1. The number of benzene rings is 1. The zero-order chi connectivity index (χ0) is 26.6. The summed E-state index contributed by atoms with van der Waals surface area (Å²) in [7, 11) is -0.451. The van der Waals surface area contributed by atoms with Crippen LogP contribution in [0.15, 0.2) is 36.4 Å². The molecule has 200 valence electrons. The fourth-order valence-electron chi connectivity index (χ4n) is 5.69. The summed E-state index contributed by atoms with van der Waals surface area (Å²) in [5.41, 5.74) is 5.45. The standard InChI is InChI=1S/C29H46N2O4Si/c1-18(2)36(19(3)4,20(5)6)35-26-13-23(12-25(15-26)34-21(7)17-33-9)27-10-11-28(31-27)29-14-24(16-30-29)22(8)32/h10-15,18-22,24,30-32H,16-17H2,1-9H3/t21-,22-,24-/m0/s1. The zero-order valence-corrected chi connectivity index (χ0v) is 24.5. The van der Waals surface area contributed by atoms with Crippen molar-refractivity contribution in [2.45, 2.75) is 84.2 Å². The van der Waals surface area contributed by atoms with Gasteiger partial charge in [-0.2, -0.15) is 0 Å². The average molecular weight is 515 g/mol. The van der Waals surface area contributed by atoms with Crippen LogP contribution in [0.2, 0.25) is 16.6 Å². The fourth-order valence-corrected chi connectivity index (χ4v) is 10.9. The van der Waals surface area contributed by atoms with Gasteiger partial charge in [0.2, 0.25) is 0 Å². The first kappa shape index (κ1) is 28.3. The molecule has 0 saturated heterocycles. The second kappa shape index (κ2) is 11.9. The minimum absolute atomic E-state index is 0.0788. The molecule has 0 aliphatic carbocycles. The van der Waals surface area contributed by atoms with Gasteiger partial charge in [-0.3, -0.25) is 0 Å². The van der Waals surface area contributed by atoms with Crippen LogP contribution in [0.4, 0.5) is 0 Å². The molecule has 3 rings (SSSR count). The third-order valence-corrected chi connectivity index (χ3v) is 13.4. The van der Waals surface area contributed by atoms with Gasteiger partial charge in [-0.1, -0.05) is 47.6 Å². The van der Waals surface area contributed by atoms with E-state index in [0.29, 0.717) is 23.2 Å². The number of H-pyrrole nitrogens is 1. The Morgan fingerprint density at radius 1 is 0.917 bits per heavy atom. The molecular formula is C29H46N2O4Si. The lowest BCUT2D eigenvalue weighted by Crippen LogP contribution is -2.50. The summed E-state index contributed by atoms with van der Waals surface area (Å²) >= 11 is 0. The first-order valence-corrected chi connectivity index (χ1v) is 15.4. The first-order chi connectivity index (χ1) is 17.0. The maximum Gasteiger partial charge on any atom is 0.258 e. The topological polar surface area (TPSA) is 75.7 Å².